The molecule has 1 N–H and O–H groups in total. The number of aromatic nitrogens is 1. The Morgan fingerprint density at radius 3 is 2.33 bits per heavy atom. The minimum atomic E-state index is -0.111. The maximum absolute atomic E-state index is 12.6. The van der Waals surface area contributed by atoms with Gasteiger partial charge in [-0.05, 0) is 60.6 Å². The number of ether oxygens (including phenoxy) is 2. The molecule has 1 unspecified atom stereocenters. The van der Waals surface area contributed by atoms with Crippen molar-refractivity contribution in [2.24, 2.45) is 0 Å². The van der Waals surface area contributed by atoms with E-state index in [9.17, 15) is 4.79 Å². The van der Waals surface area contributed by atoms with Gasteiger partial charge in [0.15, 0.2) is 11.5 Å². The molecule has 39 heavy (non-hydrogen) atoms. The van der Waals surface area contributed by atoms with Gasteiger partial charge in [0.05, 0.1) is 6.54 Å². The van der Waals surface area contributed by atoms with Gasteiger partial charge in [0.25, 0.3) is 5.91 Å². The third kappa shape index (κ3) is 7.46. The Labute approximate surface area is 234 Å². The molecule has 7 heteroatoms. The number of nitrogens with one attached hydrogen (secondary N) is 1. The highest BCUT2D eigenvalue weighted by atomic mass is 32.1. The summed E-state index contributed by atoms with van der Waals surface area (Å²) in [5, 5.41) is 5.78. The SMILES string of the molecule is CCC(C)NC(=O)c1csc(CN(Cc2ccc(CCc3ccccc3)cc2)Cc2ccc3c(c2)OCO3)n1. The summed E-state index contributed by atoms with van der Waals surface area (Å²) in [6.07, 6.45) is 2.94. The van der Waals surface area contributed by atoms with Crippen molar-refractivity contribution in [1.29, 1.82) is 0 Å². The predicted molar refractivity (Wildman–Crippen MR) is 155 cm³/mol. The van der Waals surface area contributed by atoms with Crippen molar-refractivity contribution in [3.63, 3.8) is 0 Å². The van der Waals surface area contributed by atoms with Gasteiger partial charge in [0.2, 0.25) is 6.79 Å². The topological polar surface area (TPSA) is 63.7 Å². The number of carbonyl (C=O) groups is 1. The van der Waals surface area contributed by atoms with Crippen molar-refractivity contribution in [1.82, 2.24) is 15.2 Å². The summed E-state index contributed by atoms with van der Waals surface area (Å²) in [6, 6.07) is 25.7. The number of hydrogen-bond acceptors (Lipinski definition) is 6. The van der Waals surface area contributed by atoms with Crippen LogP contribution in [0.5, 0.6) is 11.5 Å². The van der Waals surface area contributed by atoms with Crippen LogP contribution in [0.25, 0.3) is 0 Å². The second-order valence-corrected chi connectivity index (χ2v) is 11.0. The first kappa shape index (κ1) is 26.9. The minimum absolute atomic E-state index is 0.111. The number of carbonyl (C=O) groups excluding carboxylic acids is 1. The van der Waals surface area contributed by atoms with E-state index in [0.717, 1.165) is 54.4 Å². The molecule has 1 aliphatic heterocycles. The average molecular weight is 542 g/mol. The van der Waals surface area contributed by atoms with Crippen LogP contribution >= 0.6 is 11.3 Å². The van der Waals surface area contributed by atoms with Gasteiger partial charge in [-0.15, -0.1) is 11.3 Å². The molecule has 2 heterocycles. The highest BCUT2D eigenvalue weighted by Gasteiger charge is 2.18. The Morgan fingerprint density at radius 2 is 1.56 bits per heavy atom. The normalized spacial score (nSPS) is 13.0. The smallest absolute Gasteiger partial charge is 0.270 e. The molecule has 202 valence electrons. The summed E-state index contributed by atoms with van der Waals surface area (Å²) in [5.74, 6) is 1.46. The summed E-state index contributed by atoms with van der Waals surface area (Å²) < 4.78 is 11.1. The Bertz CT molecular complexity index is 1370. The van der Waals surface area contributed by atoms with E-state index < -0.39 is 0 Å². The summed E-state index contributed by atoms with van der Waals surface area (Å²) in [5.41, 5.74) is 5.57. The summed E-state index contributed by atoms with van der Waals surface area (Å²) in [7, 11) is 0. The quantitative estimate of drug-likeness (QED) is 0.225. The molecular weight excluding hydrogens is 506 g/mol. The van der Waals surface area contributed by atoms with Crippen LogP contribution < -0.4 is 14.8 Å². The largest absolute Gasteiger partial charge is 0.454 e. The summed E-state index contributed by atoms with van der Waals surface area (Å²) in [6.45, 7) is 6.46. The number of fused-ring (bicyclic) bond motifs is 1. The van der Waals surface area contributed by atoms with Gasteiger partial charge in [-0.1, -0.05) is 67.6 Å². The van der Waals surface area contributed by atoms with Crippen LogP contribution in [0.4, 0.5) is 0 Å². The first-order valence-corrected chi connectivity index (χ1v) is 14.4. The van der Waals surface area contributed by atoms with Crippen LogP contribution in [0.15, 0.2) is 78.2 Å². The third-order valence-corrected chi connectivity index (χ3v) is 7.78. The minimum Gasteiger partial charge on any atom is -0.454 e. The highest BCUT2D eigenvalue weighted by Crippen LogP contribution is 2.33. The molecule has 6 nitrogen and oxygen atoms in total. The number of nitrogens with zero attached hydrogens (tertiary/aromatic N) is 2. The monoisotopic (exact) mass is 541 g/mol. The Hall–Kier alpha value is -3.68. The molecule has 1 amide bonds. The number of thiazole rings is 1. The zero-order valence-electron chi connectivity index (χ0n) is 22.6. The number of hydrogen-bond donors (Lipinski definition) is 1. The van der Waals surface area contributed by atoms with Crippen molar-refractivity contribution in [2.45, 2.75) is 58.8 Å². The zero-order valence-corrected chi connectivity index (χ0v) is 23.4. The molecule has 1 aliphatic rings. The molecule has 4 aromatic rings. The van der Waals surface area contributed by atoms with E-state index in [4.69, 9.17) is 9.47 Å². The van der Waals surface area contributed by atoms with E-state index >= 15 is 0 Å². The van der Waals surface area contributed by atoms with Gasteiger partial charge in [-0.25, -0.2) is 4.98 Å². The Kier molecular flexibility index (Phi) is 8.91. The highest BCUT2D eigenvalue weighted by molar-refractivity contribution is 7.09. The molecule has 0 radical (unpaired) electrons. The molecule has 0 spiro atoms. The predicted octanol–water partition coefficient (Wildman–Crippen LogP) is 6.39. The van der Waals surface area contributed by atoms with Crippen LogP contribution in [0.1, 0.15) is 58.0 Å². The van der Waals surface area contributed by atoms with Gasteiger partial charge < -0.3 is 14.8 Å². The number of rotatable bonds is 12. The maximum Gasteiger partial charge on any atom is 0.270 e. The second-order valence-electron chi connectivity index (χ2n) is 10.0. The lowest BCUT2D eigenvalue weighted by atomic mass is 10.0. The maximum atomic E-state index is 12.6. The first-order chi connectivity index (χ1) is 19.1. The van der Waals surface area contributed by atoms with Gasteiger partial charge >= 0.3 is 0 Å². The van der Waals surface area contributed by atoms with E-state index in [-0.39, 0.29) is 18.7 Å². The molecule has 0 saturated heterocycles. The molecule has 0 bridgehead atoms. The van der Waals surface area contributed by atoms with E-state index in [1.165, 1.54) is 28.0 Å². The first-order valence-electron chi connectivity index (χ1n) is 13.5. The lowest BCUT2D eigenvalue weighted by molar-refractivity contribution is 0.0934. The van der Waals surface area contributed by atoms with Crippen molar-refractivity contribution in [3.8, 4) is 11.5 Å². The molecule has 0 fully saturated rings. The fraction of sp³-hybridized carbons (Fsp3) is 0.312. The summed E-state index contributed by atoms with van der Waals surface area (Å²) >= 11 is 1.53. The van der Waals surface area contributed by atoms with Crippen LogP contribution in [0.3, 0.4) is 0 Å². The van der Waals surface area contributed by atoms with Crippen molar-refractivity contribution in [3.05, 3.63) is 111 Å². The van der Waals surface area contributed by atoms with Crippen molar-refractivity contribution in [2.75, 3.05) is 6.79 Å². The Morgan fingerprint density at radius 1 is 0.897 bits per heavy atom. The number of benzene rings is 3. The van der Waals surface area contributed by atoms with E-state index in [1.54, 1.807) is 0 Å². The molecule has 1 aromatic heterocycles. The fourth-order valence-electron chi connectivity index (χ4n) is 4.55. The van der Waals surface area contributed by atoms with Gasteiger partial charge in [0.1, 0.15) is 10.7 Å². The summed E-state index contributed by atoms with van der Waals surface area (Å²) in [4.78, 5) is 19.6. The Balaban J connectivity index is 1.27. The molecular formula is C32H35N3O3S. The van der Waals surface area contributed by atoms with Gasteiger partial charge in [0, 0.05) is 24.5 Å². The van der Waals surface area contributed by atoms with Crippen LogP contribution in [-0.2, 0) is 32.5 Å². The zero-order chi connectivity index (χ0) is 27.0. The van der Waals surface area contributed by atoms with Crippen LogP contribution in [0.2, 0.25) is 0 Å². The molecule has 0 saturated carbocycles. The standard InChI is InChI=1S/C32H35N3O3S/c1-3-23(2)33-32(36)28-21-39-31(34-28)20-35(19-27-15-16-29-30(17-27)38-22-37-29)18-26-13-11-25(12-14-26)10-9-24-7-5-4-6-8-24/h4-8,11-17,21,23H,3,9-10,18-20,22H2,1-2H3,(H,33,36). The molecule has 5 rings (SSSR count). The van der Waals surface area contributed by atoms with Gasteiger partial charge in [-0.3, -0.25) is 9.69 Å². The van der Waals surface area contributed by atoms with E-state index in [2.05, 4.69) is 88.9 Å². The van der Waals surface area contributed by atoms with Crippen LogP contribution in [0, 0.1) is 0 Å². The second kappa shape index (κ2) is 12.9. The molecule has 0 aliphatic carbocycles. The van der Waals surface area contributed by atoms with Crippen molar-refractivity contribution < 1.29 is 14.3 Å². The lowest BCUT2D eigenvalue weighted by Crippen LogP contribution is -2.32. The third-order valence-electron chi connectivity index (χ3n) is 6.95. The van der Waals surface area contributed by atoms with Gasteiger partial charge in [-0.2, -0.15) is 0 Å². The molecule has 1 atom stereocenters. The lowest BCUT2D eigenvalue weighted by Gasteiger charge is -2.22. The molecule has 3 aromatic carbocycles. The van der Waals surface area contributed by atoms with E-state index in [0.29, 0.717) is 12.2 Å². The van der Waals surface area contributed by atoms with Crippen LogP contribution in [-0.4, -0.2) is 28.6 Å². The van der Waals surface area contributed by atoms with E-state index in [1.807, 2.05) is 18.4 Å². The number of amides is 1. The number of aryl methyl sites for hydroxylation is 2. The van der Waals surface area contributed by atoms with Crippen molar-refractivity contribution >= 4 is 17.2 Å². The average Bonchev–Trinajstić information content (AvgIpc) is 3.62. The fourth-order valence-corrected chi connectivity index (χ4v) is 5.36.